The normalized spacial score (nSPS) is 10.4. The van der Waals surface area contributed by atoms with Gasteiger partial charge in [-0.15, -0.1) is 0 Å². The van der Waals surface area contributed by atoms with E-state index in [1.54, 1.807) is 14.0 Å². The number of rotatable bonds is 5. The summed E-state index contributed by atoms with van der Waals surface area (Å²) in [5, 5.41) is 6.38. The van der Waals surface area contributed by atoms with Crippen molar-refractivity contribution in [3.8, 4) is 17.0 Å². The van der Waals surface area contributed by atoms with Crippen LogP contribution in [-0.2, 0) is 6.54 Å². The molecule has 0 spiro atoms. The number of aromatic nitrogens is 3. The number of nitrogens with one attached hydrogen (secondary N) is 1. The minimum Gasteiger partial charge on any atom is -0.497 e. The van der Waals surface area contributed by atoms with Crippen LogP contribution in [0.25, 0.3) is 11.3 Å². The van der Waals surface area contributed by atoms with Crippen LogP contribution in [0.1, 0.15) is 21.8 Å². The lowest BCUT2D eigenvalue weighted by molar-refractivity contribution is 0.0949. The summed E-state index contributed by atoms with van der Waals surface area (Å²) in [7, 11) is 1.62. The highest BCUT2D eigenvalue weighted by molar-refractivity contribution is 5.94. The van der Waals surface area contributed by atoms with Gasteiger partial charge in [0.25, 0.3) is 5.91 Å². The number of benzene rings is 1. The lowest BCUT2D eigenvalue weighted by Gasteiger charge is -2.06. The Kier molecular flexibility index (Phi) is 4.51. The molecule has 0 bridgehead atoms. The average molecular weight is 324 g/mol. The maximum atomic E-state index is 12.1. The molecule has 122 valence electrons. The van der Waals surface area contributed by atoms with Gasteiger partial charge in [0.05, 0.1) is 31.2 Å². The number of nitrogens with zero attached hydrogens (tertiary/aromatic N) is 3. The summed E-state index contributed by atoms with van der Waals surface area (Å²) >= 11 is 0. The predicted octanol–water partition coefficient (Wildman–Crippen LogP) is 2.38. The molecule has 0 radical (unpaired) electrons. The predicted molar refractivity (Wildman–Crippen MR) is 86.4 cm³/mol. The first-order valence-electron chi connectivity index (χ1n) is 7.32. The van der Waals surface area contributed by atoms with E-state index >= 15 is 0 Å². The minimum atomic E-state index is -0.252. The van der Waals surface area contributed by atoms with Gasteiger partial charge in [-0.05, 0) is 37.3 Å². The summed E-state index contributed by atoms with van der Waals surface area (Å²) < 4.78 is 10.0. The molecule has 0 aliphatic heterocycles. The summed E-state index contributed by atoms with van der Waals surface area (Å²) in [5.41, 5.74) is 2.84. The Morgan fingerprint density at radius 2 is 2.04 bits per heavy atom. The average Bonchev–Trinajstić information content (AvgIpc) is 3.06. The molecule has 7 nitrogen and oxygen atoms in total. The molecular formula is C17H16N4O3. The molecule has 7 heteroatoms. The fourth-order valence-electron chi connectivity index (χ4n) is 2.20. The molecule has 2 aromatic heterocycles. The molecule has 24 heavy (non-hydrogen) atoms. The first kappa shape index (κ1) is 15.7. The summed E-state index contributed by atoms with van der Waals surface area (Å²) in [6, 6.07) is 9.41. The Bertz CT molecular complexity index is 843. The Morgan fingerprint density at radius 3 is 2.71 bits per heavy atom. The van der Waals surface area contributed by atoms with Gasteiger partial charge in [0.15, 0.2) is 0 Å². The number of amides is 1. The van der Waals surface area contributed by atoms with E-state index in [0.717, 1.165) is 17.0 Å². The van der Waals surface area contributed by atoms with Crippen molar-refractivity contribution in [3.05, 3.63) is 59.9 Å². The molecule has 2 heterocycles. The van der Waals surface area contributed by atoms with Gasteiger partial charge in [0.2, 0.25) is 0 Å². The highest BCUT2D eigenvalue weighted by atomic mass is 16.5. The van der Waals surface area contributed by atoms with Crippen molar-refractivity contribution in [3.63, 3.8) is 0 Å². The third kappa shape index (κ3) is 3.40. The second-order valence-electron chi connectivity index (χ2n) is 5.10. The maximum absolute atomic E-state index is 12.1. The van der Waals surface area contributed by atoms with Crippen molar-refractivity contribution in [2.75, 3.05) is 7.11 Å². The van der Waals surface area contributed by atoms with Gasteiger partial charge in [-0.25, -0.2) is 9.97 Å². The number of aryl methyl sites for hydroxylation is 1. The van der Waals surface area contributed by atoms with Gasteiger partial charge in [0, 0.05) is 5.56 Å². The monoisotopic (exact) mass is 324 g/mol. The number of hydrogen-bond donors (Lipinski definition) is 1. The largest absolute Gasteiger partial charge is 0.497 e. The Balaban J connectivity index is 1.71. The smallest absolute Gasteiger partial charge is 0.256 e. The van der Waals surface area contributed by atoms with Crippen molar-refractivity contribution < 1.29 is 14.1 Å². The van der Waals surface area contributed by atoms with Gasteiger partial charge in [-0.1, -0.05) is 5.16 Å². The van der Waals surface area contributed by atoms with Gasteiger partial charge < -0.3 is 14.6 Å². The molecule has 0 saturated heterocycles. The molecule has 0 saturated carbocycles. The minimum absolute atomic E-state index is 0.252. The van der Waals surface area contributed by atoms with E-state index in [2.05, 4.69) is 20.4 Å². The number of carbonyl (C=O) groups excluding carboxylic acids is 1. The van der Waals surface area contributed by atoms with Crippen molar-refractivity contribution in [1.82, 2.24) is 20.4 Å². The molecule has 0 fully saturated rings. The van der Waals surface area contributed by atoms with E-state index < -0.39 is 0 Å². The second-order valence-corrected chi connectivity index (χ2v) is 5.10. The molecule has 0 unspecified atom stereocenters. The lowest BCUT2D eigenvalue weighted by Crippen LogP contribution is -2.23. The third-order valence-electron chi connectivity index (χ3n) is 3.53. The van der Waals surface area contributed by atoms with Gasteiger partial charge >= 0.3 is 0 Å². The van der Waals surface area contributed by atoms with Crippen LogP contribution in [0.15, 0.2) is 47.4 Å². The second kappa shape index (κ2) is 6.91. The van der Waals surface area contributed by atoms with Crippen molar-refractivity contribution in [2.24, 2.45) is 0 Å². The molecule has 0 aliphatic carbocycles. The molecule has 1 aromatic carbocycles. The van der Waals surface area contributed by atoms with Gasteiger partial charge in [-0.3, -0.25) is 4.79 Å². The van der Waals surface area contributed by atoms with Crippen LogP contribution in [0.5, 0.6) is 5.75 Å². The van der Waals surface area contributed by atoms with Gasteiger partial charge in [-0.2, -0.15) is 0 Å². The first-order chi connectivity index (χ1) is 11.7. The molecule has 1 N–H and O–H groups in total. The third-order valence-corrected chi connectivity index (χ3v) is 3.53. The first-order valence-corrected chi connectivity index (χ1v) is 7.32. The summed E-state index contributed by atoms with van der Waals surface area (Å²) in [6.07, 6.45) is 2.87. The zero-order valence-electron chi connectivity index (χ0n) is 13.3. The Hall–Kier alpha value is -3.22. The summed E-state index contributed by atoms with van der Waals surface area (Å²) in [4.78, 5) is 20.5. The highest BCUT2D eigenvalue weighted by Gasteiger charge is 2.12. The van der Waals surface area contributed by atoms with Crippen LogP contribution in [-0.4, -0.2) is 28.1 Å². The van der Waals surface area contributed by atoms with Crippen LogP contribution in [0.2, 0.25) is 0 Å². The highest BCUT2D eigenvalue weighted by Crippen LogP contribution is 2.20. The molecule has 3 aromatic rings. The molecule has 1 amide bonds. The fraction of sp³-hybridized carbons (Fsp3) is 0.176. The fourth-order valence-corrected chi connectivity index (χ4v) is 2.20. The summed E-state index contributed by atoms with van der Waals surface area (Å²) in [6.45, 7) is 1.98. The maximum Gasteiger partial charge on any atom is 0.256 e. The standard InChI is InChI=1S/C17H16N4O3/c1-11-15(9-21-24-11)17(22)18-8-13-7-16(20-10-19-13)12-3-5-14(23-2)6-4-12/h3-7,9-10H,8H2,1-2H3,(H,18,22). The van der Waals surface area contributed by atoms with E-state index in [9.17, 15) is 4.79 Å². The van der Waals surface area contributed by atoms with Crippen LogP contribution in [0.4, 0.5) is 0 Å². The van der Waals surface area contributed by atoms with Crippen LogP contribution in [0.3, 0.4) is 0 Å². The molecular weight excluding hydrogens is 308 g/mol. The van der Waals surface area contributed by atoms with Gasteiger partial charge in [0.1, 0.15) is 23.4 Å². The molecule has 3 rings (SSSR count). The van der Waals surface area contributed by atoms with Crippen molar-refractivity contribution in [2.45, 2.75) is 13.5 Å². The van der Waals surface area contributed by atoms with Crippen molar-refractivity contribution in [1.29, 1.82) is 0 Å². The van der Waals surface area contributed by atoms with Crippen LogP contribution >= 0.6 is 0 Å². The van der Waals surface area contributed by atoms with E-state index in [1.165, 1.54) is 12.5 Å². The number of ether oxygens (including phenoxy) is 1. The summed E-state index contributed by atoms with van der Waals surface area (Å²) in [5.74, 6) is 1.01. The number of hydrogen-bond acceptors (Lipinski definition) is 6. The number of carbonyl (C=O) groups is 1. The van der Waals surface area contributed by atoms with E-state index in [0.29, 0.717) is 17.0 Å². The van der Waals surface area contributed by atoms with Crippen molar-refractivity contribution >= 4 is 5.91 Å². The topological polar surface area (TPSA) is 90.1 Å². The quantitative estimate of drug-likeness (QED) is 0.775. The van der Waals surface area contributed by atoms with E-state index in [-0.39, 0.29) is 12.5 Å². The SMILES string of the molecule is COc1ccc(-c2cc(CNC(=O)c3cnoc3C)ncn2)cc1. The van der Waals surface area contributed by atoms with Crippen LogP contribution < -0.4 is 10.1 Å². The number of methoxy groups -OCH3 is 1. The zero-order valence-corrected chi connectivity index (χ0v) is 13.3. The Morgan fingerprint density at radius 1 is 1.25 bits per heavy atom. The van der Waals surface area contributed by atoms with E-state index in [1.807, 2.05) is 30.3 Å². The van der Waals surface area contributed by atoms with E-state index in [4.69, 9.17) is 9.26 Å². The molecule has 0 atom stereocenters. The lowest BCUT2D eigenvalue weighted by atomic mass is 10.1. The molecule has 0 aliphatic rings. The Labute approximate surface area is 138 Å². The zero-order chi connectivity index (χ0) is 16.9. The van der Waals surface area contributed by atoms with Crippen LogP contribution in [0, 0.1) is 6.92 Å².